The van der Waals surface area contributed by atoms with E-state index in [1.165, 1.54) is 24.1 Å². The highest BCUT2D eigenvalue weighted by Crippen LogP contribution is 2.23. The summed E-state index contributed by atoms with van der Waals surface area (Å²) in [5.41, 5.74) is 3.63. The quantitative estimate of drug-likeness (QED) is 0.785. The second-order valence-electron chi connectivity index (χ2n) is 4.78. The Labute approximate surface area is 102 Å². The van der Waals surface area contributed by atoms with Crippen molar-refractivity contribution in [3.05, 3.63) is 33.2 Å². The fourth-order valence-electron chi connectivity index (χ4n) is 2.55. The zero-order chi connectivity index (χ0) is 11.7. The summed E-state index contributed by atoms with van der Waals surface area (Å²) in [4.78, 5) is 12.2. The van der Waals surface area contributed by atoms with E-state index < -0.39 is 0 Å². The minimum atomic E-state index is 0.158. The highest BCUT2D eigenvalue weighted by Gasteiger charge is 2.18. The fourth-order valence-corrected chi connectivity index (χ4v) is 2.78. The third-order valence-corrected chi connectivity index (χ3v) is 3.64. The normalized spacial score (nSPS) is 15.2. The molecule has 0 fully saturated rings. The maximum Gasteiger partial charge on any atom is 0.255 e. The first-order chi connectivity index (χ1) is 7.65. The zero-order valence-electron chi connectivity index (χ0n) is 9.99. The van der Waals surface area contributed by atoms with E-state index in [-0.39, 0.29) is 11.6 Å². The Morgan fingerprint density at radius 3 is 2.69 bits per heavy atom. The van der Waals surface area contributed by atoms with Crippen molar-refractivity contribution in [2.45, 2.75) is 51.3 Å². The lowest BCUT2D eigenvalue weighted by atomic mass is 9.94. The minimum Gasteiger partial charge on any atom is -0.310 e. The lowest BCUT2D eigenvalue weighted by Gasteiger charge is -2.24. The van der Waals surface area contributed by atoms with Gasteiger partial charge in [0.25, 0.3) is 5.56 Å². The summed E-state index contributed by atoms with van der Waals surface area (Å²) in [5.74, 6) is 0.541. The molecule has 2 rings (SSSR count). The Kier molecular flexibility index (Phi) is 3.43. The molecule has 2 nitrogen and oxygen atoms in total. The van der Waals surface area contributed by atoms with E-state index in [4.69, 9.17) is 0 Å². The summed E-state index contributed by atoms with van der Waals surface area (Å²) >= 11 is 4.25. The molecular formula is C13H19NOS. The van der Waals surface area contributed by atoms with Crippen LogP contribution >= 0.6 is 12.6 Å². The summed E-state index contributed by atoms with van der Waals surface area (Å²) in [6.45, 7) is 4.16. The molecule has 3 heteroatoms. The van der Waals surface area contributed by atoms with Crippen LogP contribution in [0.3, 0.4) is 0 Å². The predicted molar refractivity (Wildman–Crippen MR) is 70.4 cm³/mol. The van der Waals surface area contributed by atoms with Gasteiger partial charge >= 0.3 is 0 Å². The Balaban J connectivity index is 2.67. The van der Waals surface area contributed by atoms with Gasteiger partial charge in [0.2, 0.25) is 0 Å². The molecule has 0 aromatic carbocycles. The highest BCUT2D eigenvalue weighted by atomic mass is 32.1. The maximum atomic E-state index is 12.2. The number of thiol groups is 1. The summed E-state index contributed by atoms with van der Waals surface area (Å²) < 4.78 is 1.97. The molecule has 0 atom stereocenters. The number of aryl methyl sites for hydroxylation is 1. The van der Waals surface area contributed by atoms with Crippen LogP contribution in [-0.2, 0) is 18.6 Å². The number of hydrogen-bond acceptors (Lipinski definition) is 2. The number of nitrogens with zero attached hydrogens (tertiary/aromatic N) is 1. The van der Waals surface area contributed by atoms with Crippen LogP contribution in [0.2, 0.25) is 0 Å². The highest BCUT2D eigenvalue weighted by molar-refractivity contribution is 7.79. The topological polar surface area (TPSA) is 22.0 Å². The Hall–Kier alpha value is -0.700. The van der Waals surface area contributed by atoms with Crippen molar-refractivity contribution in [2.75, 3.05) is 0 Å². The number of aromatic nitrogens is 1. The third kappa shape index (κ3) is 1.93. The summed E-state index contributed by atoms with van der Waals surface area (Å²) in [6.07, 6.45) is 4.62. The molecule has 0 saturated heterocycles. The van der Waals surface area contributed by atoms with Crippen molar-refractivity contribution in [3.8, 4) is 0 Å². The van der Waals surface area contributed by atoms with Gasteiger partial charge in [-0.05, 0) is 51.2 Å². The van der Waals surface area contributed by atoms with Gasteiger partial charge in [0, 0.05) is 23.1 Å². The van der Waals surface area contributed by atoms with E-state index in [1.807, 2.05) is 4.57 Å². The monoisotopic (exact) mass is 237 g/mol. The van der Waals surface area contributed by atoms with Gasteiger partial charge in [0.1, 0.15) is 0 Å². The van der Waals surface area contributed by atoms with Gasteiger partial charge in [0.15, 0.2) is 0 Å². The van der Waals surface area contributed by atoms with Gasteiger partial charge < -0.3 is 4.57 Å². The smallest absolute Gasteiger partial charge is 0.255 e. The molecule has 1 heterocycles. The molecule has 1 aliphatic rings. The number of pyridine rings is 1. The largest absolute Gasteiger partial charge is 0.310 e. The van der Waals surface area contributed by atoms with Gasteiger partial charge in [-0.1, -0.05) is 0 Å². The van der Waals surface area contributed by atoms with Crippen LogP contribution in [0.1, 0.15) is 49.6 Å². The molecule has 1 aromatic rings. The van der Waals surface area contributed by atoms with Crippen molar-refractivity contribution >= 4 is 12.6 Å². The molecule has 0 bridgehead atoms. The molecule has 0 unspecified atom stereocenters. The first-order valence-electron chi connectivity index (χ1n) is 6.02. The molecule has 0 saturated carbocycles. The van der Waals surface area contributed by atoms with E-state index >= 15 is 0 Å². The molecule has 88 valence electrons. The van der Waals surface area contributed by atoms with Crippen molar-refractivity contribution in [1.82, 2.24) is 4.57 Å². The standard InChI is InChI=1S/C13H19NOS/c1-9(2)14-12-6-4-3-5-10(12)7-11(8-16)13(14)15/h7,9,16H,3-6,8H2,1-2H3. The van der Waals surface area contributed by atoms with Crippen LogP contribution in [0.5, 0.6) is 0 Å². The van der Waals surface area contributed by atoms with Gasteiger partial charge in [-0.3, -0.25) is 4.79 Å². The lowest BCUT2D eigenvalue weighted by molar-refractivity contribution is 0.516. The maximum absolute atomic E-state index is 12.2. The van der Waals surface area contributed by atoms with E-state index in [9.17, 15) is 4.79 Å². The van der Waals surface area contributed by atoms with Crippen LogP contribution in [0.25, 0.3) is 0 Å². The van der Waals surface area contributed by atoms with Crippen LogP contribution in [-0.4, -0.2) is 4.57 Å². The summed E-state index contributed by atoms with van der Waals surface area (Å²) in [6, 6.07) is 2.32. The molecule has 1 aromatic heterocycles. The predicted octanol–water partition coefficient (Wildman–Crippen LogP) is 2.74. The second-order valence-corrected chi connectivity index (χ2v) is 5.09. The number of hydrogen-bond donors (Lipinski definition) is 1. The fraction of sp³-hybridized carbons (Fsp3) is 0.615. The van der Waals surface area contributed by atoms with Crippen LogP contribution in [0.4, 0.5) is 0 Å². The molecule has 1 aliphatic carbocycles. The number of rotatable bonds is 2. The molecule has 16 heavy (non-hydrogen) atoms. The van der Waals surface area contributed by atoms with Gasteiger partial charge in [-0.15, -0.1) is 0 Å². The lowest BCUT2D eigenvalue weighted by Crippen LogP contribution is -2.30. The van der Waals surface area contributed by atoms with E-state index in [0.717, 1.165) is 18.4 Å². The first-order valence-corrected chi connectivity index (χ1v) is 6.65. The molecule has 0 N–H and O–H groups in total. The summed E-state index contributed by atoms with van der Waals surface area (Å²) in [5, 5.41) is 0. The molecule has 0 radical (unpaired) electrons. The molecule has 0 amide bonds. The van der Waals surface area contributed by atoms with Gasteiger partial charge in [0.05, 0.1) is 0 Å². The third-order valence-electron chi connectivity index (χ3n) is 3.30. The van der Waals surface area contributed by atoms with Crippen molar-refractivity contribution in [2.24, 2.45) is 0 Å². The van der Waals surface area contributed by atoms with Crippen LogP contribution in [0, 0.1) is 0 Å². The SMILES string of the molecule is CC(C)n1c2c(cc(CS)c1=O)CCCC2. The van der Waals surface area contributed by atoms with Crippen molar-refractivity contribution < 1.29 is 0 Å². The first kappa shape index (κ1) is 11.8. The Morgan fingerprint density at radius 1 is 1.38 bits per heavy atom. The Bertz CT molecular complexity index is 448. The average Bonchev–Trinajstić information content (AvgIpc) is 2.27. The average molecular weight is 237 g/mol. The summed E-state index contributed by atoms with van der Waals surface area (Å²) in [7, 11) is 0. The zero-order valence-corrected chi connectivity index (χ0v) is 10.9. The number of fused-ring (bicyclic) bond motifs is 1. The van der Waals surface area contributed by atoms with E-state index in [0.29, 0.717) is 5.75 Å². The molecule has 0 aliphatic heterocycles. The van der Waals surface area contributed by atoms with E-state index in [1.54, 1.807) is 0 Å². The van der Waals surface area contributed by atoms with Gasteiger partial charge in [-0.2, -0.15) is 12.6 Å². The van der Waals surface area contributed by atoms with E-state index in [2.05, 4.69) is 32.5 Å². The van der Waals surface area contributed by atoms with Crippen LogP contribution < -0.4 is 5.56 Å². The molecule has 0 spiro atoms. The molecular weight excluding hydrogens is 218 g/mol. The minimum absolute atomic E-state index is 0.158. The second kappa shape index (κ2) is 4.66. The van der Waals surface area contributed by atoms with Crippen LogP contribution in [0.15, 0.2) is 10.9 Å². The van der Waals surface area contributed by atoms with Crippen molar-refractivity contribution in [1.29, 1.82) is 0 Å². The Morgan fingerprint density at radius 2 is 2.06 bits per heavy atom. The van der Waals surface area contributed by atoms with Crippen molar-refractivity contribution in [3.63, 3.8) is 0 Å². The van der Waals surface area contributed by atoms with Gasteiger partial charge in [-0.25, -0.2) is 0 Å².